The van der Waals surface area contributed by atoms with Gasteiger partial charge in [0.25, 0.3) is 5.91 Å². The van der Waals surface area contributed by atoms with Crippen molar-refractivity contribution in [2.45, 2.75) is 13.3 Å². The number of hydrogen-bond donors (Lipinski definition) is 3. The minimum atomic E-state index is -0.235. The largest absolute Gasteiger partial charge is 0.383 e. The molecule has 2 rings (SSSR count). The fraction of sp³-hybridized carbons (Fsp3) is 0.500. The van der Waals surface area contributed by atoms with Gasteiger partial charge in [-0.2, -0.15) is 0 Å². The second kappa shape index (κ2) is 11.5. The zero-order valence-corrected chi connectivity index (χ0v) is 16.5. The van der Waals surface area contributed by atoms with Crippen LogP contribution in [0.3, 0.4) is 0 Å². The van der Waals surface area contributed by atoms with E-state index in [-0.39, 0.29) is 36.7 Å². The average molecular weight is 399 g/mol. The van der Waals surface area contributed by atoms with Crippen molar-refractivity contribution in [1.82, 2.24) is 16.0 Å². The molecule has 150 valence electrons. The molecule has 3 N–H and O–H groups in total. The van der Waals surface area contributed by atoms with Crippen LogP contribution in [0.25, 0.3) is 0 Å². The van der Waals surface area contributed by atoms with Gasteiger partial charge in [0.2, 0.25) is 11.8 Å². The highest BCUT2D eigenvalue weighted by Gasteiger charge is 2.25. The van der Waals surface area contributed by atoms with Gasteiger partial charge in [0.05, 0.1) is 13.2 Å². The number of anilines is 1. The minimum absolute atomic E-state index is 0. The van der Waals surface area contributed by atoms with Gasteiger partial charge in [-0.15, -0.1) is 12.4 Å². The molecule has 0 saturated carbocycles. The third-order valence-electron chi connectivity index (χ3n) is 4.10. The van der Waals surface area contributed by atoms with Crippen LogP contribution < -0.4 is 20.9 Å². The van der Waals surface area contributed by atoms with Gasteiger partial charge in [0, 0.05) is 51.5 Å². The third-order valence-corrected chi connectivity index (χ3v) is 4.10. The summed E-state index contributed by atoms with van der Waals surface area (Å²) in [5.74, 6) is -0.524. The average Bonchev–Trinajstić information content (AvgIpc) is 3.05. The van der Waals surface area contributed by atoms with Crippen molar-refractivity contribution < 1.29 is 19.1 Å². The number of hydrogen-bond acceptors (Lipinski definition) is 5. The Morgan fingerprint density at radius 3 is 2.63 bits per heavy atom. The van der Waals surface area contributed by atoms with E-state index in [1.54, 1.807) is 24.1 Å². The van der Waals surface area contributed by atoms with Crippen molar-refractivity contribution in [2.24, 2.45) is 0 Å². The molecule has 0 aromatic heterocycles. The Labute approximate surface area is 165 Å². The van der Waals surface area contributed by atoms with Crippen molar-refractivity contribution in [3.8, 4) is 0 Å². The molecule has 0 aliphatic carbocycles. The van der Waals surface area contributed by atoms with E-state index in [9.17, 15) is 14.4 Å². The van der Waals surface area contributed by atoms with Crippen LogP contribution in [0.4, 0.5) is 5.69 Å². The van der Waals surface area contributed by atoms with Crippen molar-refractivity contribution in [3.05, 3.63) is 29.3 Å². The van der Waals surface area contributed by atoms with Gasteiger partial charge >= 0.3 is 0 Å². The SMILES string of the molecule is COCCNCCNC(=O)c1ccc2c(c1)CCN2C(=O)CNC(C)=O.Cl. The van der Waals surface area contributed by atoms with E-state index in [0.717, 1.165) is 17.8 Å². The number of halogens is 1. The van der Waals surface area contributed by atoms with E-state index in [4.69, 9.17) is 4.74 Å². The number of nitrogens with one attached hydrogen (secondary N) is 3. The zero-order chi connectivity index (χ0) is 18.9. The summed E-state index contributed by atoms with van der Waals surface area (Å²) in [6, 6.07) is 5.34. The lowest BCUT2D eigenvalue weighted by Gasteiger charge is -2.17. The summed E-state index contributed by atoms with van der Waals surface area (Å²) in [6.07, 6.45) is 0.695. The third kappa shape index (κ3) is 6.82. The normalized spacial score (nSPS) is 12.1. The first kappa shape index (κ1) is 22.9. The molecule has 0 unspecified atom stereocenters. The van der Waals surface area contributed by atoms with Crippen LogP contribution in [0.2, 0.25) is 0 Å². The second-order valence-corrected chi connectivity index (χ2v) is 6.05. The molecule has 1 aliphatic rings. The predicted octanol–water partition coefficient (Wildman–Crippen LogP) is 0.0994. The summed E-state index contributed by atoms with van der Waals surface area (Å²) in [5, 5.41) is 8.54. The van der Waals surface area contributed by atoms with E-state index < -0.39 is 0 Å². The summed E-state index contributed by atoms with van der Waals surface area (Å²) >= 11 is 0. The first-order valence-corrected chi connectivity index (χ1v) is 8.68. The molecule has 0 saturated heterocycles. The quantitative estimate of drug-likeness (QED) is 0.512. The van der Waals surface area contributed by atoms with Crippen molar-refractivity contribution >= 4 is 35.8 Å². The van der Waals surface area contributed by atoms with E-state index in [1.165, 1.54) is 6.92 Å². The van der Waals surface area contributed by atoms with E-state index in [0.29, 0.717) is 38.2 Å². The summed E-state index contributed by atoms with van der Waals surface area (Å²) in [4.78, 5) is 37.0. The lowest BCUT2D eigenvalue weighted by Crippen LogP contribution is -2.38. The first-order chi connectivity index (χ1) is 12.5. The van der Waals surface area contributed by atoms with Crippen LogP contribution in [0.1, 0.15) is 22.8 Å². The number of fused-ring (bicyclic) bond motifs is 1. The van der Waals surface area contributed by atoms with Gasteiger partial charge in [-0.3, -0.25) is 14.4 Å². The molecule has 0 bridgehead atoms. The molecule has 1 heterocycles. The summed E-state index contributed by atoms with van der Waals surface area (Å²) in [6.45, 7) is 4.49. The Morgan fingerprint density at radius 1 is 1.15 bits per heavy atom. The maximum atomic E-state index is 12.2. The predicted molar refractivity (Wildman–Crippen MR) is 106 cm³/mol. The first-order valence-electron chi connectivity index (χ1n) is 8.68. The minimum Gasteiger partial charge on any atom is -0.383 e. The number of amides is 3. The highest BCUT2D eigenvalue weighted by Crippen LogP contribution is 2.28. The number of methoxy groups -OCH3 is 1. The number of carbonyl (C=O) groups is 3. The highest BCUT2D eigenvalue weighted by atomic mass is 35.5. The number of nitrogens with zero attached hydrogens (tertiary/aromatic N) is 1. The molecule has 9 heteroatoms. The topological polar surface area (TPSA) is 99.8 Å². The molecule has 0 radical (unpaired) electrons. The van der Waals surface area contributed by atoms with Crippen molar-refractivity contribution in [2.75, 3.05) is 51.3 Å². The second-order valence-electron chi connectivity index (χ2n) is 6.05. The molecule has 1 aliphatic heterocycles. The van der Waals surface area contributed by atoms with E-state index in [2.05, 4.69) is 16.0 Å². The molecule has 1 aromatic carbocycles. The highest BCUT2D eigenvalue weighted by molar-refractivity contribution is 6.00. The molecular weight excluding hydrogens is 372 g/mol. The maximum absolute atomic E-state index is 12.2. The summed E-state index contributed by atoms with van der Waals surface area (Å²) in [7, 11) is 1.64. The molecule has 27 heavy (non-hydrogen) atoms. The van der Waals surface area contributed by atoms with Gasteiger partial charge in [0.1, 0.15) is 0 Å². The Kier molecular flexibility index (Phi) is 9.77. The van der Waals surface area contributed by atoms with E-state index >= 15 is 0 Å². The van der Waals surface area contributed by atoms with Crippen LogP contribution in [0, 0.1) is 0 Å². The van der Waals surface area contributed by atoms with Gasteiger partial charge in [-0.1, -0.05) is 0 Å². The van der Waals surface area contributed by atoms with Crippen LogP contribution >= 0.6 is 12.4 Å². The van der Waals surface area contributed by atoms with Gasteiger partial charge in [-0.25, -0.2) is 0 Å². The van der Waals surface area contributed by atoms with Crippen LogP contribution in [-0.4, -0.2) is 64.2 Å². The maximum Gasteiger partial charge on any atom is 0.251 e. The Hall–Kier alpha value is -2.16. The molecular formula is C18H27ClN4O4. The Balaban J connectivity index is 0.00000364. The molecule has 0 atom stereocenters. The van der Waals surface area contributed by atoms with Crippen molar-refractivity contribution in [3.63, 3.8) is 0 Å². The number of carbonyl (C=O) groups excluding carboxylic acids is 3. The van der Waals surface area contributed by atoms with Gasteiger partial charge < -0.3 is 25.6 Å². The number of rotatable bonds is 9. The fourth-order valence-corrected chi connectivity index (χ4v) is 2.76. The standard InChI is InChI=1S/C18H26N4O4.ClH/c1-13(23)21-12-17(24)22-9-5-14-11-15(3-4-16(14)22)18(25)20-7-6-19-8-10-26-2;/h3-4,11,19H,5-10,12H2,1-2H3,(H,20,25)(H,21,23);1H. The Morgan fingerprint density at radius 2 is 1.93 bits per heavy atom. The fourth-order valence-electron chi connectivity index (χ4n) is 2.76. The Bertz CT molecular complexity index is 669. The molecule has 1 aromatic rings. The molecule has 3 amide bonds. The van der Waals surface area contributed by atoms with Gasteiger partial charge in [0.15, 0.2) is 0 Å². The number of benzene rings is 1. The van der Waals surface area contributed by atoms with Crippen LogP contribution in [-0.2, 0) is 20.7 Å². The molecule has 0 spiro atoms. The van der Waals surface area contributed by atoms with Crippen LogP contribution in [0.15, 0.2) is 18.2 Å². The lowest BCUT2D eigenvalue weighted by molar-refractivity contribution is -0.123. The number of ether oxygens (including phenoxy) is 1. The monoisotopic (exact) mass is 398 g/mol. The zero-order valence-electron chi connectivity index (χ0n) is 15.7. The lowest BCUT2D eigenvalue weighted by atomic mass is 10.1. The smallest absolute Gasteiger partial charge is 0.251 e. The van der Waals surface area contributed by atoms with Crippen molar-refractivity contribution in [1.29, 1.82) is 0 Å². The molecule has 8 nitrogen and oxygen atoms in total. The molecule has 0 fully saturated rings. The van der Waals surface area contributed by atoms with Crippen LogP contribution in [0.5, 0.6) is 0 Å². The summed E-state index contributed by atoms with van der Waals surface area (Å²) < 4.78 is 4.94. The van der Waals surface area contributed by atoms with E-state index in [1.807, 2.05) is 6.07 Å². The van der Waals surface area contributed by atoms with Gasteiger partial charge in [-0.05, 0) is 30.2 Å². The summed E-state index contributed by atoms with van der Waals surface area (Å²) in [5.41, 5.74) is 2.35.